The van der Waals surface area contributed by atoms with Gasteiger partial charge in [0.2, 0.25) is 0 Å². The van der Waals surface area contributed by atoms with Crippen molar-refractivity contribution in [3.8, 4) is 0 Å². The molecule has 2 atom stereocenters. The first-order valence-electron chi connectivity index (χ1n) is 7.01. The van der Waals surface area contributed by atoms with E-state index in [4.69, 9.17) is 4.74 Å². The van der Waals surface area contributed by atoms with Gasteiger partial charge in [0.25, 0.3) is 0 Å². The van der Waals surface area contributed by atoms with Crippen LogP contribution >= 0.6 is 0 Å². The van der Waals surface area contributed by atoms with E-state index in [-0.39, 0.29) is 6.04 Å². The number of aromatic nitrogens is 3. The summed E-state index contributed by atoms with van der Waals surface area (Å²) in [5, 5.41) is 4.46. The summed E-state index contributed by atoms with van der Waals surface area (Å²) < 4.78 is 21.1. The Kier molecular flexibility index (Phi) is 3.78. The normalized spacial score (nSPS) is 21.1. The van der Waals surface area contributed by atoms with E-state index in [0.717, 1.165) is 5.56 Å². The lowest BCUT2D eigenvalue weighted by Crippen LogP contribution is -2.08. The number of hydrogen-bond acceptors (Lipinski definition) is 3. The molecule has 0 aliphatic carbocycles. The molecule has 0 spiro atoms. The van der Waals surface area contributed by atoms with Gasteiger partial charge in [-0.2, -0.15) is 5.10 Å². The third-order valence-corrected chi connectivity index (χ3v) is 3.57. The number of benzene rings is 1. The Labute approximate surface area is 117 Å². The molecule has 0 amide bonds. The zero-order chi connectivity index (χ0) is 13.9. The topological polar surface area (TPSA) is 39.9 Å². The first-order valence-corrected chi connectivity index (χ1v) is 7.01. The van der Waals surface area contributed by atoms with Crippen molar-refractivity contribution >= 4 is 0 Å². The maximum absolute atomic E-state index is 14.1. The van der Waals surface area contributed by atoms with E-state index in [1.54, 1.807) is 4.68 Å². The molecule has 1 aliphatic heterocycles. The van der Waals surface area contributed by atoms with Gasteiger partial charge in [-0.1, -0.05) is 30.3 Å². The molecule has 1 aromatic carbocycles. The quantitative estimate of drug-likeness (QED) is 0.788. The fourth-order valence-corrected chi connectivity index (χ4v) is 2.59. The van der Waals surface area contributed by atoms with E-state index in [1.165, 1.54) is 0 Å². The Morgan fingerprint density at radius 3 is 2.90 bits per heavy atom. The van der Waals surface area contributed by atoms with E-state index in [9.17, 15) is 4.39 Å². The molecule has 5 heteroatoms. The number of ether oxygens (including phenoxy) is 1. The lowest BCUT2D eigenvalue weighted by Gasteiger charge is -2.11. The second-order valence-electron chi connectivity index (χ2n) is 4.91. The predicted molar refractivity (Wildman–Crippen MR) is 73.3 cm³/mol. The number of alkyl halides is 1. The average Bonchev–Trinajstić information content (AvgIpc) is 3.01. The largest absolute Gasteiger partial charge is 0.381 e. The van der Waals surface area contributed by atoms with Gasteiger partial charge >= 0.3 is 0 Å². The van der Waals surface area contributed by atoms with Crippen LogP contribution in [-0.2, 0) is 11.2 Å². The minimum Gasteiger partial charge on any atom is -0.381 e. The number of fused-ring (bicyclic) bond motifs is 1. The highest BCUT2D eigenvalue weighted by molar-refractivity contribution is 5.23. The lowest BCUT2D eigenvalue weighted by atomic mass is 10.0. The van der Waals surface area contributed by atoms with Gasteiger partial charge in [0.15, 0.2) is 17.8 Å². The van der Waals surface area contributed by atoms with Gasteiger partial charge in [-0.3, -0.25) is 0 Å². The molecular formula is C15H18FN3O. The SMILES string of the molecule is CCOCCc1nc2n(n1)C(c1ccccc1)CC2F. The molecule has 20 heavy (non-hydrogen) atoms. The molecule has 0 fully saturated rings. The van der Waals surface area contributed by atoms with Crippen LogP contribution in [0, 0.1) is 0 Å². The van der Waals surface area contributed by atoms with Crippen molar-refractivity contribution in [1.82, 2.24) is 14.8 Å². The van der Waals surface area contributed by atoms with Crippen LogP contribution in [0.4, 0.5) is 4.39 Å². The Balaban J connectivity index is 1.82. The molecule has 0 saturated carbocycles. The van der Waals surface area contributed by atoms with E-state index in [1.807, 2.05) is 37.3 Å². The Hall–Kier alpha value is -1.75. The first kappa shape index (κ1) is 13.2. The predicted octanol–water partition coefficient (Wildman–Crippen LogP) is 2.86. The van der Waals surface area contributed by atoms with Crippen LogP contribution < -0.4 is 0 Å². The summed E-state index contributed by atoms with van der Waals surface area (Å²) in [6.07, 6.45) is 0.0150. The van der Waals surface area contributed by atoms with Crippen molar-refractivity contribution in [3.05, 3.63) is 47.5 Å². The van der Waals surface area contributed by atoms with E-state index < -0.39 is 6.17 Å². The van der Waals surface area contributed by atoms with Crippen LogP contribution in [0.3, 0.4) is 0 Å². The van der Waals surface area contributed by atoms with Crippen LogP contribution in [0.15, 0.2) is 30.3 Å². The average molecular weight is 275 g/mol. The highest BCUT2D eigenvalue weighted by atomic mass is 19.1. The fourth-order valence-electron chi connectivity index (χ4n) is 2.59. The minimum absolute atomic E-state index is 0.0467. The second-order valence-corrected chi connectivity index (χ2v) is 4.91. The van der Waals surface area contributed by atoms with Gasteiger partial charge in [-0.05, 0) is 12.5 Å². The van der Waals surface area contributed by atoms with E-state index in [0.29, 0.717) is 37.7 Å². The zero-order valence-corrected chi connectivity index (χ0v) is 11.5. The van der Waals surface area contributed by atoms with Gasteiger partial charge in [0.1, 0.15) is 0 Å². The molecule has 0 radical (unpaired) electrons. The molecule has 2 aromatic rings. The molecule has 0 saturated heterocycles. The van der Waals surface area contributed by atoms with Crippen LogP contribution in [0.25, 0.3) is 0 Å². The monoisotopic (exact) mass is 275 g/mol. The number of hydrogen-bond donors (Lipinski definition) is 0. The molecule has 1 aliphatic rings. The first-order chi connectivity index (χ1) is 9.79. The molecule has 106 valence electrons. The minimum atomic E-state index is -1.03. The highest BCUT2D eigenvalue weighted by Gasteiger charge is 2.35. The summed E-state index contributed by atoms with van der Waals surface area (Å²) in [6, 6.07) is 9.86. The Bertz CT molecular complexity index is 570. The molecule has 0 bridgehead atoms. The number of halogens is 1. The summed E-state index contributed by atoms with van der Waals surface area (Å²) in [6.45, 7) is 3.20. The van der Waals surface area contributed by atoms with Crippen molar-refractivity contribution in [2.75, 3.05) is 13.2 Å². The molecule has 2 heterocycles. The van der Waals surface area contributed by atoms with Gasteiger partial charge in [-0.15, -0.1) is 0 Å². The summed E-state index contributed by atoms with van der Waals surface area (Å²) in [5.41, 5.74) is 1.08. The Morgan fingerprint density at radius 1 is 1.35 bits per heavy atom. The summed E-state index contributed by atoms with van der Waals surface area (Å²) in [5.74, 6) is 1.11. The van der Waals surface area contributed by atoms with Crippen LogP contribution in [-0.4, -0.2) is 28.0 Å². The van der Waals surface area contributed by atoms with Crippen LogP contribution in [0.5, 0.6) is 0 Å². The maximum atomic E-state index is 14.1. The van der Waals surface area contributed by atoms with Crippen molar-refractivity contribution in [1.29, 1.82) is 0 Å². The summed E-state index contributed by atoms with van der Waals surface area (Å²) >= 11 is 0. The zero-order valence-electron chi connectivity index (χ0n) is 11.5. The standard InChI is InChI=1S/C15H18FN3O/c1-2-20-9-8-14-17-15-12(16)10-13(19(15)18-14)11-6-4-3-5-7-11/h3-7,12-13H,2,8-10H2,1H3. The fraction of sp³-hybridized carbons (Fsp3) is 0.467. The molecule has 2 unspecified atom stereocenters. The van der Waals surface area contributed by atoms with Crippen molar-refractivity contribution in [2.45, 2.75) is 32.0 Å². The Morgan fingerprint density at radius 2 is 2.15 bits per heavy atom. The molecular weight excluding hydrogens is 257 g/mol. The maximum Gasteiger partial charge on any atom is 0.162 e. The number of nitrogens with zero attached hydrogens (tertiary/aromatic N) is 3. The molecule has 1 aromatic heterocycles. The molecule has 4 nitrogen and oxygen atoms in total. The van der Waals surface area contributed by atoms with E-state index in [2.05, 4.69) is 10.1 Å². The van der Waals surface area contributed by atoms with Crippen molar-refractivity contribution in [3.63, 3.8) is 0 Å². The number of rotatable bonds is 5. The van der Waals surface area contributed by atoms with Gasteiger partial charge in [0.05, 0.1) is 12.6 Å². The molecule has 3 rings (SSSR count). The third kappa shape index (κ3) is 2.45. The summed E-state index contributed by atoms with van der Waals surface area (Å²) in [4.78, 5) is 4.32. The van der Waals surface area contributed by atoms with Crippen molar-refractivity contribution < 1.29 is 9.13 Å². The van der Waals surface area contributed by atoms with E-state index >= 15 is 0 Å². The van der Waals surface area contributed by atoms with Gasteiger partial charge in [0, 0.05) is 19.4 Å². The van der Waals surface area contributed by atoms with Gasteiger partial charge in [-0.25, -0.2) is 14.1 Å². The lowest BCUT2D eigenvalue weighted by molar-refractivity contribution is 0.149. The third-order valence-electron chi connectivity index (χ3n) is 3.57. The second kappa shape index (κ2) is 5.71. The van der Waals surface area contributed by atoms with Crippen molar-refractivity contribution in [2.24, 2.45) is 0 Å². The van der Waals surface area contributed by atoms with Crippen LogP contribution in [0.1, 0.15) is 42.8 Å². The summed E-state index contributed by atoms with van der Waals surface area (Å²) in [7, 11) is 0. The molecule has 0 N–H and O–H groups in total. The smallest absolute Gasteiger partial charge is 0.162 e. The van der Waals surface area contributed by atoms with Crippen LogP contribution in [0.2, 0.25) is 0 Å². The highest BCUT2D eigenvalue weighted by Crippen LogP contribution is 2.39. The van der Waals surface area contributed by atoms with Gasteiger partial charge < -0.3 is 4.74 Å².